The predicted octanol–water partition coefficient (Wildman–Crippen LogP) is -0.0954. The Labute approximate surface area is 146 Å². The summed E-state index contributed by atoms with van der Waals surface area (Å²) in [5, 5.41) is 2.84. The lowest BCUT2D eigenvalue weighted by atomic mass is 10.2. The molecule has 1 N–H and O–H groups in total. The van der Waals surface area contributed by atoms with Crippen LogP contribution in [0.4, 0.5) is 0 Å². The molecule has 0 aromatic carbocycles. The van der Waals surface area contributed by atoms with Gasteiger partial charge in [-0.25, -0.2) is 0 Å². The minimum Gasteiger partial charge on any atom is -0.376 e. The first kappa shape index (κ1) is 17.3. The van der Waals surface area contributed by atoms with E-state index >= 15 is 0 Å². The zero-order valence-electron chi connectivity index (χ0n) is 14.0. The third-order valence-corrected chi connectivity index (χ3v) is 4.51. The van der Waals surface area contributed by atoms with Crippen molar-refractivity contribution < 1.29 is 19.1 Å². The smallest absolute Gasteiger partial charge is 0.272 e. The van der Waals surface area contributed by atoms with Crippen LogP contribution in [-0.2, 0) is 9.53 Å². The van der Waals surface area contributed by atoms with E-state index in [2.05, 4.69) is 10.3 Å². The van der Waals surface area contributed by atoms with Gasteiger partial charge in [0.25, 0.3) is 11.8 Å². The summed E-state index contributed by atoms with van der Waals surface area (Å²) in [4.78, 5) is 42.9. The van der Waals surface area contributed by atoms with E-state index in [9.17, 15) is 14.4 Å². The molecule has 0 spiro atoms. The second-order valence-corrected chi connectivity index (χ2v) is 6.21. The summed E-state index contributed by atoms with van der Waals surface area (Å²) < 4.78 is 5.48. The number of hydrogen-bond acceptors (Lipinski definition) is 5. The SMILES string of the molecule is O=CN1CCN(C(=O)c2cc(C(=O)NCC3CCCO3)ccn2)CC1. The number of carbonyl (C=O) groups excluding carboxylic acids is 3. The first-order valence-corrected chi connectivity index (χ1v) is 8.52. The van der Waals surface area contributed by atoms with Gasteiger partial charge in [0.15, 0.2) is 0 Å². The number of ether oxygens (including phenoxy) is 1. The molecule has 0 saturated carbocycles. The lowest BCUT2D eigenvalue weighted by Gasteiger charge is -2.32. The van der Waals surface area contributed by atoms with Crippen molar-refractivity contribution in [3.63, 3.8) is 0 Å². The molecule has 3 rings (SSSR count). The molecule has 1 aromatic heterocycles. The van der Waals surface area contributed by atoms with Gasteiger partial charge >= 0.3 is 0 Å². The van der Waals surface area contributed by atoms with Crippen molar-refractivity contribution in [2.45, 2.75) is 18.9 Å². The normalized spacial score (nSPS) is 20.4. The Kier molecular flexibility index (Phi) is 5.60. The minimum absolute atomic E-state index is 0.0704. The number of piperazine rings is 1. The highest BCUT2D eigenvalue weighted by Gasteiger charge is 2.23. The lowest BCUT2D eigenvalue weighted by Crippen LogP contribution is -2.48. The highest BCUT2D eigenvalue weighted by Crippen LogP contribution is 2.12. The molecule has 0 radical (unpaired) electrons. The minimum atomic E-state index is -0.238. The Morgan fingerprint density at radius 1 is 1.32 bits per heavy atom. The third-order valence-electron chi connectivity index (χ3n) is 4.51. The van der Waals surface area contributed by atoms with Gasteiger partial charge < -0.3 is 19.9 Å². The zero-order chi connectivity index (χ0) is 17.6. The molecule has 1 unspecified atom stereocenters. The van der Waals surface area contributed by atoms with E-state index in [-0.39, 0.29) is 23.6 Å². The number of carbonyl (C=O) groups is 3. The third kappa shape index (κ3) is 4.33. The maximum Gasteiger partial charge on any atom is 0.272 e. The molecule has 8 heteroatoms. The van der Waals surface area contributed by atoms with Crippen molar-refractivity contribution >= 4 is 18.2 Å². The van der Waals surface area contributed by atoms with Crippen LogP contribution in [0.3, 0.4) is 0 Å². The molecule has 0 aliphatic carbocycles. The van der Waals surface area contributed by atoms with E-state index in [1.807, 2.05) is 0 Å². The molecule has 0 bridgehead atoms. The Bertz CT molecular complexity index is 637. The Balaban J connectivity index is 1.59. The van der Waals surface area contributed by atoms with Crippen LogP contribution in [0, 0.1) is 0 Å². The average Bonchev–Trinajstić information content (AvgIpc) is 3.19. The van der Waals surface area contributed by atoms with Crippen molar-refractivity contribution in [1.82, 2.24) is 20.1 Å². The number of aromatic nitrogens is 1. The second-order valence-electron chi connectivity index (χ2n) is 6.21. The molecular weight excluding hydrogens is 324 g/mol. The van der Waals surface area contributed by atoms with E-state index in [1.54, 1.807) is 15.9 Å². The Morgan fingerprint density at radius 3 is 2.80 bits per heavy atom. The summed E-state index contributed by atoms with van der Waals surface area (Å²) in [7, 11) is 0. The lowest BCUT2D eigenvalue weighted by molar-refractivity contribution is -0.119. The fourth-order valence-electron chi connectivity index (χ4n) is 3.00. The van der Waals surface area contributed by atoms with Gasteiger partial charge in [-0.3, -0.25) is 19.4 Å². The Morgan fingerprint density at radius 2 is 2.12 bits per heavy atom. The predicted molar refractivity (Wildman–Crippen MR) is 89.1 cm³/mol. The maximum atomic E-state index is 12.5. The van der Waals surface area contributed by atoms with Gasteiger partial charge in [0.2, 0.25) is 6.41 Å². The topological polar surface area (TPSA) is 91.8 Å². The number of nitrogens with one attached hydrogen (secondary N) is 1. The molecule has 25 heavy (non-hydrogen) atoms. The van der Waals surface area contributed by atoms with Crippen LogP contribution >= 0.6 is 0 Å². The summed E-state index contributed by atoms with van der Waals surface area (Å²) in [5.74, 6) is -0.461. The molecule has 2 saturated heterocycles. The van der Waals surface area contributed by atoms with Crippen molar-refractivity contribution in [1.29, 1.82) is 0 Å². The van der Waals surface area contributed by atoms with Gasteiger partial charge in [-0.2, -0.15) is 0 Å². The fraction of sp³-hybridized carbons (Fsp3) is 0.529. The monoisotopic (exact) mass is 346 g/mol. The molecule has 2 aliphatic heterocycles. The number of amides is 3. The van der Waals surface area contributed by atoms with Crippen molar-refractivity contribution in [2.24, 2.45) is 0 Å². The number of nitrogens with zero attached hydrogens (tertiary/aromatic N) is 3. The van der Waals surface area contributed by atoms with Crippen LogP contribution in [0.25, 0.3) is 0 Å². The van der Waals surface area contributed by atoms with E-state index in [0.717, 1.165) is 25.9 Å². The van der Waals surface area contributed by atoms with Crippen LogP contribution in [-0.4, -0.2) is 78.4 Å². The fourth-order valence-corrected chi connectivity index (χ4v) is 3.00. The molecule has 3 amide bonds. The molecule has 1 aromatic rings. The van der Waals surface area contributed by atoms with Gasteiger partial charge in [0, 0.05) is 51.1 Å². The number of hydrogen-bond donors (Lipinski definition) is 1. The van der Waals surface area contributed by atoms with Gasteiger partial charge in [-0.1, -0.05) is 0 Å². The first-order valence-electron chi connectivity index (χ1n) is 8.52. The van der Waals surface area contributed by atoms with Gasteiger partial charge in [-0.05, 0) is 25.0 Å². The van der Waals surface area contributed by atoms with Crippen molar-refractivity contribution in [3.8, 4) is 0 Å². The molecule has 2 aliphatic rings. The van der Waals surface area contributed by atoms with Crippen molar-refractivity contribution in [2.75, 3.05) is 39.3 Å². The molecule has 3 heterocycles. The van der Waals surface area contributed by atoms with Gasteiger partial charge in [-0.15, -0.1) is 0 Å². The summed E-state index contributed by atoms with van der Waals surface area (Å²) in [6.07, 6.45) is 4.30. The van der Waals surface area contributed by atoms with Gasteiger partial charge in [0.05, 0.1) is 6.10 Å². The summed E-state index contributed by atoms with van der Waals surface area (Å²) in [6.45, 7) is 3.17. The summed E-state index contributed by atoms with van der Waals surface area (Å²) in [5.41, 5.74) is 0.646. The molecule has 2 fully saturated rings. The number of pyridine rings is 1. The van der Waals surface area contributed by atoms with E-state index in [0.29, 0.717) is 38.3 Å². The summed E-state index contributed by atoms with van der Waals surface area (Å²) >= 11 is 0. The number of rotatable bonds is 5. The van der Waals surface area contributed by atoms with Crippen LogP contribution in [0.5, 0.6) is 0 Å². The standard InChI is InChI=1S/C17H22N4O4/c22-12-20-5-7-21(8-6-20)17(24)15-10-13(3-4-18-15)16(23)19-11-14-2-1-9-25-14/h3-4,10,12,14H,1-2,5-9,11H2,(H,19,23). The van der Waals surface area contributed by atoms with Crippen molar-refractivity contribution in [3.05, 3.63) is 29.6 Å². The average molecular weight is 346 g/mol. The molecule has 1 atom stereocenters. The Hall–Kier alpha value is -2.48. The molecule has 134 valence electrons. The van der Waals surface area contributed by atoms with Crippen LogP contribution < -0.4 is 5.32 Å². The van der Waals surface area contributed by atoms with E-state index < -0.39 is 0 Å². The highest BCUT2D eigenvalue weighted by molar-refractivity contribution is 5.98. The maximum absolute atomic E-state index is 12.5. The zero-order valence-corrected chi connectivity index (χ0v) is 14.0. The molecular formula is C17H22N4O4. The summed E-state index contributed by atoms with van der Waals surface area (Å²) in [6, 6.07) is 3.10. The van der Waals surface area contributed by atoms with Crippen LogP contribution in [0.15, 0.2) is 18.3 Å². The van der Waals surface area contributed by atoms with E-state index in [1.165, 1.54) is 12.3 Å². The quantitative estimate of drug-likeness (QED) is 0.752. The largest absolute Gasteiger partial charge is 0.376 e. The van der Waals surface area contributed by atoms with Crippen LogP contribution in [0.1, 0.15) is 33.7 Å². The van der Waals surface area contributed by atoms with Crippen LogP contribution in [0.2, 0.25) is 0 Å². The van der Waals surface area contributed by atoms with E-state index in [4.69, 9.17) is 4.74 Å². The second kappa shape index (κ2) is 8.06. The van der Waals surface area contributed by atoms with Gasteiger partial charge in [0.1, 0.15) is 5.69 Å². The molecule has 8 nitrogen and oxygen atoms in total. The first-order chi connectivity index (χ1) is 12.2. The highest BCUT2D eigenvalue weighted by atomic mass is 16.5.